The van der Waals surface area contributed by atoms with E-state index in [1.807, 2.05) is 0 Å². The first kappa shape index (κ1) is 28.7. The van der Waals surface area contributed by atoms with E-state index in [-0.39, 0.29) is 0 Å². The van der Waals surface area contributed by atoms with Gasteiger partial charge < -0.3 is 9.47 Å². The van der Waals surface area contributed by atoms with E-state index in [1.54, 1.807) is 0 Å². The van der Waals surface area contributed by atoms with Gasteiger partial charge in [-0.1, -0.05) is 0 Å². The number of ether oxygens (including phenoxy) is 2. The summed E-state index contributed by atoms with van der Waals surface area (Å²) >= 11 is 0. The maximum absolute atomic E-state index is 13.6. The van der Waals surface area contributed by atoms with Crippen LogP contribution < -0.4 is 0 Å². The summed E-state index contributed by atoms with van der Waals surface area (Å²) in [5, 5.41) is 0. The molecule has 19 heteroatoms. The van der Waals surface area contributed by atoms with Gasteiger partial charge >= 0.3 is 42.6 Å². The average Bonchev–Trinajstić information content (AvgIpc) is 2.38. The van der Waals surface area contributed by atoms with Crippen LogP contribution >= 0.6 is 0 Å². The Balaban J connectivity index is 6.19. The van der Waals surface area contributed by atoms with Crippen LogP contribution in [0.25, 0.3) is 0 Å². The van der Waals surface area contributed by atoms with Crippen LogP contribution in [0.1, 0.15) is 13.3 Å². The van der Waals surface area contributed by atoms with Crippen molar-refractivity contribution < 1.29 is 84.1 Å². The highest BCUT2D eigenvalue weighted by molar-refractivity contribution is 4.94. The summed E-state index contributed by atoms with van der Waals surface area (Å²) in [5.41, 5.74) is 0. The molecule has 0 aliphatic heterocycles. The van der Waals surface area contributed by atoms with E-state index in [0.717, 1.165) is 0 Å². The first-order valence-electron chi connectivity index (χ1n) is 6.72. The third-order valence-corrected chi connectivity index (χ3v) is 2.93. The van der Waals surface area contributed by atoms with Crippen LogP contribution in [-0.2, 0) is 9.47 Å². The second-order valence-electron chi connectivity index (χ2n) is 5.56. The predicted molar refractivity (Wildman–Crippen MR) is 58.0 cm³/mol. The number of halogens is 17. The minimum atomic E-state index is -7.26. The summed E-state index contributed by atoms with van der Waals surface area (Å²) in [5.74, 6) is -13.0. The Labute approximate surface area is 153 Å². The number of hydrogen-bond donors (Lipinski definition) is 0. The number of rotatable bonds is 7. The lowest BCUT2D eigenvalue weighted by Crippen LogP contribution is -2.62. The molecule has 0 saturated heterocycles. The minimum absolute atomic E-state index is 0.969. The second kappa shape index (κ2) is 8.01. The lowest BCUT2D eigenvalue weighted by molar-refractivity contribution is -0.454. The third-order valence-electron chi connectivity index (χ3n) is 2.93. The molecule has 0 N–H and O–H groups in total. The minimum Gasteiger partial charge on any atom is -0.319 e. The number of hydrogen-bond acceptors (Lipinski definition) is 2. The molecule has 0 aliphatic carbocycles. The smallest absolute Gasteiger partial charge is 0.319 e. The summed E-state index contributed by atoms with van der Waals surface area (Å²) < 4.78 is 219. The molecule has 0 heterocycles. The van der Waals surface area contributed by atoms with E-state index in [4.69, 9.17) is 0 Å². The first-order chi connectivity index (χ1) is 12.7. The first-order valence-corrected chi connectivity index (χ1v) is 6.72. The average molecular weight is 494 g/mol. The molecule has 30 heavy (non-hydrogen) atoms. The third kappa shape index (κ3) is 7.16. The summed E-state index contributed by atoms with van der Waals surface area (Å²) in [4.78, 5) is 0. The van der Waals surface area contributed by atoms with Crippen molar-refractivity contribution in [3.8, 4) is 0 Å². The Hall–Kier alpha value is -1.27. The molecular formula is C11H7F17O2. The highest BCUT2D eigenvalue weighted by Crippen LogP contribution is 2.50. The Morgan fingerprint density at radius 1 is 0.600 bits per heavy atom. The van der Waals surface area contributed by atoms with Crippen molar-refractivity contribution in [3.63, 3.8) is 0 Å². The van der Waals surface area contributed by atoms with Crippen molar-refractivity contribution in [1.82, 2.24) is 0 Å². The summed E-state index contributed by atoms with van der Waals surface area (Å²) in [6, 6.07) is 0. The quantitative estimate of drug-likeness (QED) is 0.387. The van der Waals surface area contributed by atoms with Gasteiger partial charge in [0.25, 0.3) is 0 Å². The lowest BCUT2D eigenvalue weighted by Gasteiger charge is -2.38. The zero-order valence-corrected chi connectivity index (χ0v) is 13.6. The Morgan fingerprint density at radius 3 is 1.27 bits per heavy atom. The summed E-state index contributed by atoms with van der Waals surface area (Å²) in [7, 11) is 0. The maximum Gasteiger partial charge on any atom is 0.448 e. The molecule has 2 nitrogen and oxygen atoms in total. The molecule has 0 aliphatic rings. The fourth-order valence-corrected chi connectivity index (χ4v) is 1.48. The van der Waals surface area contributed by atoms with Crippen LogP contribution in [0, 0.1) is 0 Å². The molecule has 3 unspecified atom stereocenters. The highest BCUT2D eigenvalue weighted by atomic mass is 19.4. The Morgan fingerprint density at radius 2 is 1.00 bits per heavy atom. The number of alkyl halides is 17. The van der Waals surface area contributed by atoms with Crippen LogP contribution in [0.4, 0.5) is 74.6 Å². The molecule has 0 radical (unpaired) electrons. The van der Waals surface area contributed by atoms with Crippen molar-refractivity contribution in [3.05, 3.63) is 0 Å². The Bertz CT molecular complexity index is 566. The standard InChI is InChI=1S/C11H7F17O2/c1-5(12,10(24,25)26)30-4(9(21,22)23)7(16,17)11(27,28)29-3(8(18,19)20)2-6(13,14)15/h3-4H,2H2,1H3. The molecule has 0 aromatic carbocycles. The van der Waals surface area contributed by atoms with Gasteiger partial charge in [0.15, 0.2) is 6.10 Å². The van der Waals surface area contributed by atoms with Gasteiger partial charge in [0, 0.05) is 6.92 Å². The van der Waals surface area contributed by atoms with Gasteiger partial charge in [-0.3, -0.25) is 0 Å². The zero-order valence-electron chi connectivity index (χ0n) is 13.6. The molecule has 182 valence electrons. The van der Waals surface area contributed by atoms with Crippen molar-refractivity contribution in [1.29, 1.82) is 0 Å². The fraction of sp³-hybridized carbons (Fsp3) is 1.00. The van der Waals surface area contributed by atoms with E-state index in [9.17, 15) is 74.6 Å². The molecule has 3 atom stereocenters. The van der Waals surface area contributed by atoms with E-state index in [0.29, 0.717) is 0 Å². The topological polar surface area (TPSA) is 18.5 Å². The molecular weight excluding hydrogens is 487 g/mol. The molecule has 0 amide bonds. The lowest BCUT2D eigenvalue weighted by atomic mass is 10.1. The van der Waals surface area contributed by atoms with Gasteiger partial charge in [-0.15, -0.1) is 0 Å². The van der Waals surface area contributed by atoms with Crippen LogP contribution in [0.3, 0.4) is 0 Å². The van der Waals surface area contributed by atoms with Crippen LogP contribution in [-0.4, -0.2) is 54.8 Å². The van der Waals surface area contributed by atoms with Gasteiger partial charge in [-0.05, 0) is 0 Å². The van der Waals surface area contributed by atoms with Gasteiger partial charge in [-0.2, -0.15) is 70.2 Å². The van der Waals surface area contributed by atoms with Crippen LogP contribution in [0.5, 0.6) is 0 Å². The highest BCUT2D eigenvalue weighted by Gasteiger charge is 2.75. The fourth-order valence-electron chi connectivity index (χ4n) is 1.48. The van der Waals surface area contributed by atoms with E-state index < -0.39 is 68.1 Å². The second-order valence-corrected chi connectivity index (χ2v) is 5.56. The largest absolute Gasteiger partial charge is 0.448 e. The van der Waals surface area contributed by atoms with Crippen molar-refractivity contribution in [2.75, 3.05) is 0 Å². The van der Waals surface area contributed by atoms with Gasteiger partial charge in [-0.25, -0.2) is 4.39 Å². The van der Waals surface area contributed by atoms with Crippen molar-refractivity contribution in [2.45, 2.75) is 68.1 Å². The van der Waals surface area contributed by atoms with Gasteiger partial charge in [0.05, 0.1) is 6.42 Å². The normalized spacial score (nSPS) is 19.4. The maximum atomic E-state index is 13.6. The van der Waals surface area contributed by atoms with Crippen molar-refractivity contribution in [2.24, 2.45) is 0 Å². The SMILES string of the molecule is CC(F)(OC(C(F)(F)F)C(F)(F)C(F)(F)OC(CC(F)(F)F)C(F)(F)F)C(F)(F)F. The molecule has 0 aromatic heterocycles. The Kier molecular flexibility index (Phi) is 7.67. The monoisotopic (exact) mass is 494 g/mol. The molecule has 0 aromatic rings. The van der Waals surface area contributed by atoms with E-state index in [2.05, 4.69) is 9.47 Å². The molecule has 0 rings (SSSR count). The van der Waals surface area contributed by atoms with Crippen molar-refractivity contribution >= 4 is 0 Å². The molecule has 0 bridgehead atoms. The summed E-state index contributed by atoms with van der Waals surface area (Å²) in [6.07, 6.45) is -47.3. The molecule has 0 spiro atoms. The van der Waals surface area contributed by atoms with Gasteiger partial charge in [0.1, 0.15) is 0 Å². The summed E-state index contributed by atoms with van der Waals surface area (Å²) in [6.45, 7) is -0.969. The predicted octanol–water partition coefficient (Wildman–Crippen LogP) is 6.31. The molecule has 0 fully saturated rings. The van der Waals surface area contributed by atoms with Crippen LogP contribution in [0.15, 0.2) is 0 Å². The zero-order chi connectivity index (χ0) is 24.8. The van der Waals surface area contributed by atoms with E-state index >= 15 is 0 Å². The van der Waals surface area contributed by atoms with Crippen LogP contribution in [0.2, 0.25) is 0 Å². The van der Waals surface area contributed by atoms with Gasteiger partial charge in [0.2, 0.25) is 6.10 Å². The van der Waals surface area contributed by atoms with E-state index in [1.165, 1.54) is 0 Å². The molecule has 0 saturated carbocycles.